The molecule has 0 fully saturated rings. The van der Waals surface area contributed by atoms with Gasteiger partial charge in [0.2, 0.25) is 5.91 Å². The number of hydrogen-bond donors (Lipinski definition) is 2. The van der Waals surface area contributed by atoms with E-state index in [1.807, 2.05) is 25.1 Å². The van der Waals surface area contributed by atoms with Gasteiger partial charge in [-0.15, -0.1) is 0 Å². The number of methoxy groups -OCH3 is 1. The number of hydrogen-bond acceptors (Lipinski definition) is 3. The second-order valence-electron chi connectivity index (χ2n) is 5.20. The maximum absolute atomic E-state index is 12.3. The van der Waals surface area contributed by atoms with E-state index in [1.54, 1.807) is 37.3 Å². The maximum atomic E-state index is 12.3. The molecule has 2 amide bonds. The molecule has 23 heavy (non-hydrogen) atoms. The van der Waals surface area contributed by atoms with Crippen LogP contribution in [0.15, 0.2) is 48.5 Å². The third-order valence-electron chi connectivity index (χ3n) is 3.50. The molecule has 5 heteroatoms. The minimum Gasteiger partial charge on any atom is -0.495 e. The van der Waals surface area contributed by atoms with Gasteiger partial charge in [0.25, 0.3) is 5.91 Å². The molecule has 0 aliphatic rings. The molecule has 2 aromatic rings. The van der Waals surface area contributed by atoms with Crippen molar-refractivity contribution in [2.45, 2.75) is 19.9 Å². The SMILES string of the molecule is COc1ccccc1NC(=O)C(C)NC(=O)c1ccccc1C. The van der Waals surface area contributed by atoms with Crippen LogP contribution in [0.3, 0.4) is 0 Å². The molecule has 0 spiro atoms. The molecule has 1 unspecified atom stereocenters. The lowest BCUT2D eigenvalue weighted by Gasteiger charge is -2.16. The van der Waals surface area contributed by atoms with E-state index in [1.165, 1.54) is 7.11 Å². The Labute approximate surface area is 135 Å². The molecular formula is C18H20N2O3. The summed E-state index contributed by atoms with van der Waals surface area (Å²) in [5.74, 6) is -0.0134. The summed E-state index contributed by atoms with van der Waals surface area (Å²) in [6, 6.07) is 13.7. The fourth-order valence-electron chi connectivity index (χ4n) is 2.16. The number of rotatable bonds is 5. The molecule has 0 aliphatic carbocycles. The van der Waals surface area contributed by atoms with E-state index >= 15 is 0 Å². The zero-order valence-corrected chi connectivity index (χ0v) is 13.4. The Morgan fingerprint density at radius 2 is 1.70 bits per heavy atom. The van der Waals surface area contributed by atoms with Gasteiger partial charge in [-0.2, -0.15) is 0 Å². The largest absolute Gasteiger partial charge is 0.495 e. The molecule has 120 valence electrons. The van der Waals surface area contributed by atoms with E-state index in [2.05, 4.69) is 10.6 Å². The normalized spacial score (nSPS) is 11.4. The van der Waals surface area contributed by atoms with Crippen molar-refractivity contribution in [1.29, 1.82) is 0 Å². The fourth-order valence-corrected chi connectivity index (χ4v) is 2.16. The number of carbonyl (C=O) groups excluding carboxylic acids is 2. The lowest BCUT2D eigenvalue weighted by molar-refractivity contribution is -0.117. The Balaban J connectivity index is 2.03. The van der Waals surface area contributed by atoms with Gasteiger partial charge in [-0.05, 0) is 37.6 Å². The molecular weight excluding hydrogens is 292 g/mol. The van der Waals surface area contributed by atoms with Crippen LogP contribution in [0.4, 0.5) is 5.69 Å². The zero-order valence-electron chi connectivity index (χ0n) is 13.4. The van der Waals surface area contributed by atoms with Gasteiger partial charge in [-0.1, -0.05) is 30.3 Å². The first-order valence-corrected chi connectivity index (χ1v) is 7.33. The van der Waals surface area contributed by atoms with E-state index in [0.717, 1.165) is 5.56 Å². The topological polar surface area (TPSA) is 67.4 Å². The van der Waals surface area contributed by atoms with Gasteiger partial charge in [-0.3, -0.25) is 9.59 Å². The van der Waals surface area contributed by atoms with Crippen molar-refractivity contribution in [3.8, 4) is 5.75 Å². The van der Waals surface area contributed by atoms with Crippen molar-refractivity contribution in [1.82, 2.24) is 5.32 Å². The third-order valence-corrected chi connectivity index (χ3v) is 3.50. The third kappa shape index (κ3) is 4.10. The van der Waals surface area contributed by atoms with Crippen LogP contribution in [0, 0.1) is 6.92 Å². The minimum atomic E-state index is -0.674. The van der Waals surface area contributed by atoms with Crippen LogP contribution in [-0.4, -0.2) is 25.0 Å². The van der Waals surface area contributed by atoms with Crippen LogP contribution in [0.25, 0.3) is 0 Å². The quantitative estimate of drug-likeness (QED) is 0.892. The number of carbonyl (C=O) groups is 2. The van der Waals surface area contributed by atoms with Gasteiger partial charge in [0.1, 0.15) is 11.8 Å². The Kier molecular flexibility index (Phi) is 5.36. The van der Waals surface area contributed by atoms with E-state index in [0.29, 0.717) is 17.0 Å². The second-order valence-corrected chi connectivity index (χ2v) is 5.20. The number of ether oxygens (including phenoxy) is 1. The molecule has 2 N–H and O–H groups in total. The van der Waals surface area contributed by atoms with Crippen molar-refractivity contribution in [3.05, 3.63) is 59.7 Å². The first kappa shape index (κ1) is 16.5. The summed E-state index contributed by atoms with van der Waals surface area (Å²) in [7, 11) is 1.54. The summed E-state index contributed by atoms with van der Waals surface area (Å²) >= 11 is 0. The lowest BCUT2D eigenvalue weighted by Crippen LogP contribution is -2.41. The predicted octanol–water partition coefficient (Wildman–Crippen LogP) is 2.76. The second kappa shape index (κ2) is 7.45. The van der Waals surface area contributed by atoms with Crippen LogP contribution in [0.2, 0.25) is 0 Å². The molecule has 0 bridgehead atoms. The van der Waals surface area contributed by atoms with Gasteiger partial charge in [0.05, 0.1) is 12.8 Å². The average Bonchev–Trinajstić information content (AvgIpc) is 2.55. The predicted molar refractivity (Wildman–Crippen MR) is 89.7 cm³/mol. The molecule has 1 atom stereocenters. The molecule has 0 aromatic heterocycles. The Hall–Kier alpha value is -2.82. The highest BCUT2D eigenvalue weighted by Gasteiger charge is 2.18. The molecule has 2 rings (SSSR count). The summed E-state index contributed by atoms with van der Waals surface area (Å²) in [5, 5.41) is 5.46. The van der Waals surface area contributed by atoms with E-state index in [-0.39, 0.29) is 11.8 Å². The van der Waals surface area contributed by atoms with Gasteiger partial charge < -0.3 is 15.4 Å². The summed E-state index contributed by atoms with van der Waals surface area (Å²) in [6.07, 6.45) is 0. The van der Waals surface area contributed by atoms with E-state index in [9.17, 15) is 9.59 Å². The van der Waals surface area contributed by atoms with Crippen LogP contribution in [-0.2, 0) is 4.79 Å². The van der Waals surface area contributed by atoms with Crippen LogP contribution in [0.1, 0.15) is 22.8 Å². The van der Waals surface area contributed by atoms with Crippen molar-refractivity contribution in [3.63, 3.8) is 0 Å². The monoisotopic (exact) mass is 312 g/mol. The lowest BCUT2D eigenvalue weighted by atomic mass is 10.1. The zero-order chi connectivity index (χ0) is 16.8. The highest BCUT2D eigenvalue weighted by atomic mass is 16.5. The van der Waals surface area contributed by atoms with E-state index in [4.69, 9.17) is 4.74 Å². The molecule has 5 nitrogen and oxygen atoms in total. The molecule has 2 aromatic carbocycles. The number of para-hydroxylation sites is 2. The van der Waals surface area contributed by atoms with Crippen LogP contribution < -0.4 is 15.4 Å². The average molecular weight is 312 g/mol. The van der Waals surface area contributed by atoms with Crippen molar-refractivity contribution in [2.24, 2.45) is 0 Å². The summed E-state index contributed by atoms with van der Waals surface area (Å²) in [6.45, 7) is 3.50. The standard InChI is InChI=1S/C18H20N2O3/c1-12-8-4-5-9-14(12)18(22)19-13(2)17(21)20-15-10-6-7-11-16(15)23-3/h4-11,13H,1-3H3,(H,19,22)(H,20,21). The summed E-state index contributed by atoms with van der Waals surface area (Å²) in [4.78, 5) is 24.5. The smallest absolute Gasteiger partial charge is 0.252 e. The van der Waals surface area contributed by atoms with E-state index < -0.39 is 6.04 Å². The minimum absolute atomic E-state index is 0.272. The Morgan fingerprint density at radius 3 is 2.39 bits per heavy atom. The summed E-state index contributed by atoms with van der Waals surface area (Å²) in [5.41, 5.74) is 1.99. The molecule has 0 saturated carbocycles. The molecule has 0 radical (unpaired) electrons. The summed E-state index contributed by atoms with van der Waals surface area (Å²) < 4.78 is 5.19. The number of amides is 2. The van der Waals surface area contributed by atoms with Crippen molar-refractivity contribution < 1.29 is 14.3 Å². The van der Waals surface area contributed by atoms with Gasteiger partial charge >= 0.3 is 0 Å². The molecule has 0 saturated heterocycles. The highest BCUT2D eigenvalue weighted by molar-refractivity contribution is 6.02. The van der Waals surface area contributed by atoms with Gasteiger partial charge in [0, 0.05) is 5.56 Å². The van der Waals surface area contributed by atoms with Crippen molar-refractivity contribution >= 4 is 17.5 Å². The highest BCUT2D eigenvalue weighted by Crippen LogP contribution is 2.23. The maximum Gasteiger partial charge on any atom is 0.252 e. The van der Waals surface area contributed by atoms with Crippen LogP contribution in [0.5, 0.6) is 5.75 Å². The fraction of sp³-hybridized carbons (Fsp3) is 0.222. The Bertz CT molecular complexity index is 713. The number of aryl methyl sites for hydroxylation is 1. The van der Waals surface area contributed by atoms with Crippen molar-refractivity contribution in [2.75, 3.05) is 12.4 Å². The van der Waals surface area contributed by atoms with Gasteiger partial charge in [0.15, 0.2) is 0 Å². The first-order valence-electron chi connectivity index (χ1n) is 7.33. The number of anilines is 1. The van der Waals surface area contributed by atoms with Gasteiger partial charge in [-0.25, -0.2) is 0 Å². The Morgan fingerprint density at radius 1 is 1.04 bits per heavy atom. The van der Waals surface area contributed by atoms with Crippen LogP contribution >= 0.6 is 0 Å². The molecule has 0 heterocycles. The first-order chi connectivity index (χ1) is 11.0. The molecule has 0 aliphatic heterocycles. The number of nitrogens with one attached hydrogen (secondary N) is 2. The number of benzene rings is 2.